The maximum Gasteiger partial charge on any atom is 0.325 e. The number of nitrogens with two attached hydrogens (primary N) is 1. The monoisotopic (exact) mass is 298 g/mol. The van der Waals surface area contributed by atoms with Crippen molar-refractivity contribution in [2.45, 2.75) is 30.7 Å². The average molecular weight is 298 g/mol. The molecule has 0 heterocycles. The fourth-order valence-corrected chi connectivity index (χ4v) is 2.71. The smallest absolute Gasteiger partial charge is 0.325 e. The van der Waals surface area contributed by atoms with Crippen LogP contribution in [0.4, 0.5) is 5.69 Å². The summed E-state index contributed by atoms with van der Waals surface area (Å²) in [7, 11) is 0. The van der Waals surface area contributed by atoms with Crippen molar-refractivity contribution in [3.8, 4) is 0 Å². The van der Waals surface area contributed by atoms with Gasteiger partial charge in [0.15, 0.2) is 0 Å². The minimum absolute atomic E-state index is 0.0624. The molecule has 110 valence electrons. The number of hydrogen-bond donors (Lipinski definition) is 1. The molecule has 0 radical (unpaired) electrons. The van der Waals surface area contributed by atoms with Gasteiger partial charge in [0.05, 0.1) is 16.4 Å². The fourth-order valence-electron chi connectivity index (χ4n) is 1.50. The Hall–Kier alpha value is -1.60. The molecule has 0 amide bonds. The summed E-state index contributed by atoms with van der Waals surface area (Å²) in [6.07, 6.45) is 0.378. The van der Waals surface area contributed by atoms with Crippen LogP contribution >= 0.6 is 11.8 Å². The highest BCUT2D eigenvalue weighted by Crippen LogP contribution is 2.30. The summed E-state index contributed by atoms with van der Waals surface area (Å²) < 4.78 is 4.89. The van der Waals surface area contributed by atoms with Gasteiger partial charge in [-0.3, -0.25) is 14.9 Å². The lowest BCUT2D eigenvalue weighted by molar-refractivity contribution is -0.387. The second kappa shape index (κ2) is 7.25. The minimum Gasteiger partial charge on any atom is -0.465 e. The Kier molecular flexibility index (Phi) is 5.97. The van der Waals surface area contributed by atoms with Crippen LogP contribution in [0.3, 0.4) is 0 Å². The van der Waals surface area contributed by atoms with Gasteiger partial charge in [-0.05, 0) is 26.3 Å². The molecule has 0 fully saturated rings. The van der Waals surface area contributed by atoms with Crippen molar-refractivity contribution in [3.05, 3.63) is 34.4 Å². The first-order chi connectivity index (χ1) is 9.38. The average Bonchev–Trinajstić information content (AvgIpc) is 2.39. The van der Waals surface area contributed by atoms with Crippen molar-refractivity contribution in [2.75, 3.05) is 12.4 Å². The Morgan fingerprint density at radius 2 is 2.15 bits per heavy atom. The topological polar surface area (TPSA) is 95.5 Å². The normalized spacial score (nSPS) is 13.6. The van der Waals surface area contributed by atoms with Crippen molar-refractivity contribution >= 4 is 23.4 Å². The number of para-hydroxylation sites is 1. The van der Waals surface area contributed by atoms with Crippen LogP contribution in [0.2, 0.25) is 0 Å². The number of carbonyl (C=O) groups excluding carboxylic acids is 1. The summed E-state index contributed by atoms with van der Waals surface area (Å²) in [6.45, 7) is 3.60. The predicted octanol–water partition coefficient (Wildman–Crippen LogP) is 2.36. The zero-order valence-corrected chi connectivity index (χ0v) is 12.3. The van der Waals surface area contributed by atoms with Crippen LogP contribution in [-0.4, -0.2) is 28.8 Å². The zero-order chi connectivity index (χ0) is 15.2. The molecule has 7 heteroatoms. The Labute approximate surface area is 121 Å². The molecule has 1 aromatic carbocycles. The third kappa shape index (κ3) is 4.50. The molecule has 1 atom stereocenters. The molecule has 0 aliphatic carbocycles. The second-order valence-corrected chi connectivity index (χ2v) is 5.60. The SMILES string of the molecule is CCOC(=O)C(C)(N)CCSc1ccccc1[N+](=O)[O-]. The van der Waals surface area contributed by atoms with Crippen molar-refractivity contribution in [1.29, 1.82) is 0 Å². The number of benzene rings is 1. The molecule has 1 aromatic rings. The Balaban J connectivity index is 2.61. The first-order valence-corrected chi connectivity index (χ1v) is 7.19. The van der Waals surface area contributed by atoms with Crippen LogP contribution in [0.15, 0.2) is 29.2 Å². The third-order valence-electron chi connectivity index (χ3n) is 2.68. The molecule has 0 aliphatic heterocycles. The van der Waals surface area contributed by atoms with Gasteiger partial charge in [-0.25, -0.2) is 0 Å². The maximum absolute atomic E-state index is 11.6. The van der Waals surface area contributed by atoms with Crippen LogP contribution in [-0.2, 0) is 9.53 Å². The lowest BCUT2D eigenvalue weighted by Gasteiger charge is -2.21. The highest BCUT2D eigenvalue weighted by Gasteiger charge is 2.29. The zero-order valence-electron chi connectivity index (χ0n) is 11.5. The van der Waals surface area contributed by atoms with E-state index in [1.165, 1.54) is 17.8 Å². The van der Waals surface area contributed by atoms with E-state index in [4.69, 9.17) is 10.5 Å². The van der Waals surface area contributed by atoms with E-state index in [9.17, 15) is 14.9 Å². The lowest BCUT2D eigenvalue weighted by atomic mass is 10.0. The molecule has 0 bridgehead atoms. The summed E-state index contributed by atoms with van der Waals surface area (Å²) in [5.41, 5.74) is 4.87. The molecule has 0 aromatic heterocycles. The van der Waals surface area contributed by atoms with Crippen LogP contribution in [0, 0.1) is 10.1 Å². The van der Waals surface area contributed by atoms with E-state index < -0.39 is 16.4 Å². The third-order valence-corrected chi connectivity index (χ3v) is 3.75. The largest absolute Gasteiger partial charge is 0.465 e. The van der Waals surface area contributed by atoms with E-state index >= 15 is 0 Å². The summed E-state index contributed by atoms with van der Waals surface area (Å²) in [6, 6.07) is 6.49. The van der Waals surface area contributed by atoms with Gasteiger partial charge in [-0.15, -0.1) is 11.8 Å². The van der Waals surface area contributed by atoms with Gasteiger partial charge >= 0.3 is 5.97 Å². The van der Waals surface area contributed by atoms with Gasteiger partial charge in [-0.1, -0.05) is 12.1 Å². The first kappa shape index (κ1) is 16.5. The Bertz CT molecular complexity index is 491. The number of thioether (sulfide) groups is 1. The molecule has 1 rings (SSSR count). The number of nitro groups is 1. The van der Waals surface area contributed by atoms with Crippen molar-refractivity contribution in [1.82, 2.24) is 0 Å². The van der Waals surface area contributed by atoms with Gasteiger partial charge in [0.2, 0.25) is 0 Å². The van der Waals surface area contributed by atoms with Gasteiger partial charge in [0.25, 0.3) is 5.69 Å². The predicted molar refractivity (Wildman–Crippen MR) is 77.7 cm³/mol. The van der Waals surface area contributed by atoms with Crippen molar-refractivity contribution in [3.63, 3.8) is 0 Å². The minimum atomic E-state index is -1.08. The molecule has 0 saturated carbocycles. The highest BCUT2D eigenvalue weighted by molar-refractivity contribution is 7.99. The molecule has 0 spiro atoms. The van der Waals surface area contributed by atoms with Crippen LogP contribution < -0.4 is 5.73 Å². The molecule has 6 nitrogen and oxygen atoms in total. The first-order valence-electron chi connectivity index (χ1n) is 6.21. The van der Waals surface area contributed by atoms with Gasteiger partial charge in [0.1, 0.15) is 5.54 Å². The van der Waals surface area contributed by atoms with E-state index in [1.807, 2.05) is 0 Å². The Morgan fingerprint density at radius 1 is 1.50 bits per heavy atom. The number of carbonyl (C=O) groups is 1. The standard InChI is InChI=1S/C13H18N2O4S/c1-3-19-12(16)13(2,14)8-9-20-11-7-5-4-6-10(11)15(17)18/h4-7H,3,8-9,14H2,1-2H3. The summed E-state index contributed by atoms with van der Waals surface area (Å²) in [5, 5.41) is 10.9. The van der Waals surface area contributed by atoms with Gasteiger partial charge in [0, 0.05) is 11.8 Å². The fraction of sp³-hybridized carbons (Fsp3) is 0.462. The van der Waals surface area contributed by atoms with Crippen molar-refractivity contribution < 1.29 is 14.5 Å². The van der Waals surface area contributed by atoms with Gasteiger partial charge in [-0.2, -0.15) is 0 Å². The van der Waals surface area contributed by atoms with E-state index in [1.54, 1.807) is 32.0 Å². The molecule has 0 saturated heterocycles. The number of rotatable bonds is 7. The van der Waals surface area contributed by atoms with E-state index in [0.717, 1.165) is 0 Å². The summed E-state index contributed by atoms with van der Waals surface area (Å²) >= 11 is 1.31. The van der Waals surface area contributed by atoms with E-state index in [-0.39, 0.29) is 12.3 Å². The summed E-state index contributed by atoms with van der Waals surface area (Å²) in [5.74, 6) is 0.0413. The number of ether oxygens (including phenoxy) is 1. The van der Waals surface area contributed by atoms with Crippen LogP contribution in [0.5, 0.6) is 0 Å². The van der Waals surface area contributed by atoms with E-state index in [0.29, 0.717) is 17.1 Å². The van der Waals surface area contributed by atoms with Crippen LogP contribution in [0.25, 0.3) is 0 Å². The molecular weight excluding hydrogens is 280 g/mol. The summed E-state index contributed by atoms with van der Waals surface area (Å²) in [4.78, 5) is 22.6. The molecule has 2 N–H and O–H groups in total. The quantitative estimate of drug-likeness (QED) is 0.359. The van der Waals surface area contributed by atoms with E-state index in [2.05, 4.69) is 0 Å². The maximum atomic E-state index is 11.6. The van der Waals surface area contributed by atoms with Crippen molar-refractivity contribution in [2.24, 2.45) is 5.73 Å². The Morgan fingerprint density at radius 3 is 2.75 bits per heavy atom. The number of nitro benzene ring substituents is 1. The number of hydrogen-bond acceptors (Lipinski definition) is 6. The highest BCUT2D eigenvalue weighted by atomic mass is 32.2. The number of nitrogens with zero attached hydrogens (tertiary/aromatic N) is 1. The molecule has 1 unspecified atom stereocenters. The second-order valence-electron chi connectivity index (χ2n) is 4.46. The molecule has 0 aliphatic rings. The molecular formula is C13H18N2O4S. The van der Waals surface area contributed by atoms with Gasteiger partial charge < -0.3 is 10.5 Å². The molecule has 20 heavy (non-hydrogen) atoms. The number of esters is 1. The van der Waals surface area contributed by atoms with Crippen LogP contribution in [0.1, 0.15) is 20.3 Å². The lowest BCUT2D eigenvalue weighted by Crippen LogP contribution is -2.46.